The second-order valence-electron chi connectivity index (χ2n) is 22.1. The lowest BCUT2D eigenvalue weighted by Gasteiger charge is -2.27. The first-order valence-corrected chi connectivity index (χ1v) is 31.1. The molecule has 0 aliphatic heterocycles. The summed E-state index contributed by atoms with van der Waals surface area (Å²) in [4.78, 5) is 197. The summed E-state index contributed by atoms with van der Waals surface area (Å²) >= 11 is 1.19. The molecule has 96 heavy (non-hydrogen) atoms. The van der Waals surface area contributed by atoms with Crippen LogP contribution in [-0.4, -0.2) is 171 Å². The van der Waals surface area contributed by atoms with Crippen LogP contribution in [0.3, 0.4) is 0 Å². The zero-order valence-corrected chi connectivity index (χ0v) is 53.2. The minimum absolute atomic E-state index is 0.00590. The number of hydrogen-bond donors (Lipinski definition) is 14. The number of amides is 10. The minimum Gasteiger partial charge on any atom is -0.497 e. The number of benzene rings is 3. The number of nitro benzene ring substituents is 2. The third kappa shape index (κ3) is 23.1. The number of H-pyrrole nitrogens is 1. The number of hydrogen-bond acceptors (Lipinski definition) is 21. The number of anilines is 1. The molecular weight excluding hydrogens is 1280 g/mol. The number of nitro groups is 2. The van der Waals surface area contributed by atoms with Gasteiger partial charge in [-0.1, -0.05) is 32.0 Å². The molecular formula is C60H74N14O21S. The van der Waals surface area contributed by atoms with Crippen LogP contribution in [0.15, 0.2) is 82.1 Å². The van der Waals surface area contributed by atoms with Crippen molar-refractivity contribution < 1.29 is 86.7 Å². The summed E-state index contributed by atoms with van der Waals surface area (Å²) in [5, 5.41) is 65.2. The predicted octanol–water partition coefficient (Wildman–Crippen LogP) is -0.214. The molecule has 16 N–H and O–H groups in total. The van der Waals surface area contributed by atoms with E-state index in [0.29, 0.717) is 27.6 Å². The van der Waals surface area contributed by atoms with Crippen molar-refractivity contribution in [1.82, 2.24) is 47.5 Å². The average molecular weight is 1360 g/mol. The number of methoxy groups -OCH3 is 1. The Kier molecular flexibility index (Phi) is 28.6. The molecule has 0 aliphatic rings. The summed E-state index contributed by atoms with van der Waals surface area (Å²) < 4.78 is 10.4. The maximum absolute atomic E-state index is 14.1. The second kappa shape index (κ2) is 36.3. The molecule has 0 unspecified atom stereocenters. The Bertz CT molecular complexity index is 3800. The van der Waals surface area contributed by atoms with E-state index >= 15 is 0 Å². The Morgan fingerprint density at radius 1 is 0.656 bits per heavy atom. The van der Waals surface area contributed by atoms with Gasteiger partial charge in [-0.05, 0) is 85.4 Å². The smallest absolute Gasteiger partial charge is 0.336 e. The maximum Gasteiger partial charge on any atom is 0.336 e. The Morgan fingerprint density at radius 3 is 1.89 bits per heavy atom. The minimum atomic E-state index is -1.95. The van der Waals surface area contributed by atoms with Crippen molar-refractivity contribution in [3.05, 3.63) is 115 Å². The highest BCUT2D eigenvalue weighted by molar-refractivity contribution is 7.98. The van der Waals surface area contributed by atoms with Gasteiger partial charge < -0.3 is 83.7 Å². The van der Waals surface area contributed by atoms with Crippen molar-refractivity contribution in [1.29, 1.82) is 0 Å². The van der Waals surface area contributed by atoms with E-state index in [1.54, 1.807) is 48.9 Å². The number of nitrogens with one attached hydrogen (secondary N) is 10. The van der Waals surface area contributed by atoms with E-state index in [0.717, 1.165) is 18.2 Å². The van der Waals surface area contributed by atoms with Crippen molar-refractivity contribution in [2.24, 2.45) is 17.4 Å². The third-order valence-corrected chi connectivity index (χ3v) is 15.3. The van der Waals surface area contributed by atoms with Gasteiger partial charge in [0.2, 0.25) is 59.1 Å². The van der Waals surface area contributed by atoms with Gasteiger partial charge in [-0.15, -0.1) is 0 Å². The fraction of sp³-hybridized carbons (Fsp3) is 0.417. The fourth-order valence-electron chi connectivity index (χ4n) is 9.78. The van der Waals surface area contributed by atoms with Crippen LogP contribution < -0.4 is 69.7 Å². The molecule has 516 valence electrons. The maximum atomic E-state index is 14.1. The number of aromatic amines is 1. The topological polar surface area (TPSA) is 547 Å². The largest absolute Gasteiger partial charge is 0.497 e. The summed E-state index contributed by atoms with van der Waals surface area (Å²) in [6.07, 6.45) is -0.569. The number of carboxylic acids is 2. The highest BCUT2D eigenvalue weighted by Gasteiger charge is 2.36. The van der Waals surface area contributed by atoms with Gasteiger partial charge in [-0.3, -0.25) is 77.8 Å². The van der Waals surface area contributed by atoms with Crippen molar-refractivity contribution in [3.8, 4) is 5.75 Å². The number of rotatable bonds is 40. The van der Waals surface area contributed by atoms with Gasteiger partial charge in [0, 0.05) is 60.1 Å². The third-order valence-electron chi connectivity index (χ3n) is 14.7. The van der Waals surface area contributed by atoms with Crippen LogP contribution in [0.2, 0.25) is 0 Å². The summed E-state index contributed by atoms with van der Waals surface area (Å²) in [5.74, 6) is -14.0. The Labute approximate surface area is 549 Å². The Morgan fingerprint density at radius 2 is 1.27 bits per heavy atom. The van der Waals surface area contributed by atoms with Gasteiger partial charge in [-0.2, -0.15) is 11.8 Å². The monoisotopic (exact) mass is 1360 g/mol. The summed E-state index contributed by atoms with van der Waals surface area (Å²) in [7, 11) is 1.40. The van der Waals surface area contributed by atoms with Gasteiger partial charge in [0.15, 0.2) is 0 Å². The molecule has 2 heterocycles. The number of nitrogens with two attached hydrogens (primary N) is 2. The number of carbonyl (C=O) groups is 12. The van der Waals surface area contributed by atoms with E-state index in [9.17, 15) is 92.8 Å². The molecule has 5 aromatic rings. The van der Waals surface area contributed by atoms with Gasteiger partial charge in [0.1, 0.15) is 59.3 Å². The quantitative estimate of drug-likeness (QED) is 0.0104. The normalized spacial score (nSPS) is 13.2. The molecule has 35 nitrogen and oxygen atoms in total. The van der Waals surface area contributed by atoms with Gasteiger partial charge in [0.05, 0.1) is 48.8 Å². The summed E-state index contributed by atoms with van der Waals surface area (Å²) in [6, 6.07) is 4.11. The molecule has 10 amide bonds. The van der Waals surface area contributed by atoms with Crippen LogP contribution >= 0.6 is 11.8 Å². The van der Waals surface area contributed by atoms with Crippen LogP contribution in [0.5, 0.6) is 5.75 Å². The number of para-hydroxylation sites is 1. The van der Waals surface area contributed by atoms with Crippen molar-refractivity contribution in [2.45, 2.75) is 120 Å². The number of nitrogens with zero attached hydrogens (tertiary/aromatic N) is 2. The van der Waals surface area contributed by atoms with Gasteiger partial charge in [-0.25, -0.2) is 4.79 Å². The van der Waals surface area contributed by atoms with Gasteiger partial charge >= 0.3 is 17.6 Å². The van der Waals surface area contributed by atoms with Crippen molar-refractivity contribution >= 4 is 122 Å². The summed E-state index contributed by atoms with van der Waals surface area (Å²) in [6.45, 7) is 2.22. The molecule has 2 aromatic heterocycles. The lowest BCUT2D eigenvalue weighted by Crippen LogP contribution is -2.60. The van der Waals surface area contributed by atoms with E-state index in [-0.39, 0.29) is 61.2 Å². The molecule has 0 saturated carbocycles. The zero-order valence-electron chi connectivity index (χ0n) is 52.3. The number of thioether (sulfide) groups is 1. The van der Waals surface area contributed by atoms with Gasteiger partial charge in [0.25, 0.3) is 11.4 Å². The van der Waals surface area contributed by atoms with Crippen LogP contribution in [0.25, 0.3) is 21.9 Å². The molecule has 0 aliphatic carbocycles. The number of ether oxygens (including phenoxy) is 1. The number of fused-ring (bicyclic) bond motifs is 2. The standard InChI is InChI=1S/C60H74N14O21S/c1-30(2)53(72-48(76)22-31-23-52(82)95-46-25-34(94-3)13-14-36(31)46)60(89)71-44(27-51(80)81)59(88)68-40(16-17-47(61)75)56(85)69-41(18-20-96-4)57(86)70-43(26-50(78)79)55(84)65-29-49(77)66-42(21-32-28-64-37-10-6-5-9-35(32)37)58(87)67-39(54(62)83)11-7-8-19-63-38-15-12-33(73(90)91)24-45(38)74(92)93/h5-6,9-10,12-15,23-25,28,30,39-44,53,63-64H,7-8,11,16-22,26-27,29H2,1-4H3,(H2,61,75)(H2,62,83)(H,65,84)(H,66,77)(H,67,87)(H,68,88)(H,69,85)(H,70,86)(H,71,89)(H,72,76)(H,78,79)(H,80,81)/t39-,40-,41-,42-,43-,44-,53-/m0/s1. The van der Waals surface area contributed by atoms with Crippen molar-refractivity contribution in [3.63, 3.8) is 0 Å². The van der Waals surface area contributed by atoms with Crippen LogP contribution in [0, 0.1) is 26.1 Å². The average Bonchev–Trinajstić information content (AvgIpc) is 1.43. The zero-order chi connectivity index (χ0) is 70.9. The highest BCUT2D eigenvalue weighted by Crippen LogP contribution is 2.29. The molecule has 7 atom stereocenters. The first kappa shape index (κ1) is 75.5. The predicted molar refractivity (Wildman–Crippen MR) is 343 cm³/mol. The molecule has 36 heteroatoms. The van der Waals surface area contributed by atoms with Crippen LogP contribution in [-0.2, 0) is 70.4 Å². The highest BCUT2D eigenvalue weighted by atomic mass is 32.2. The van der Waals surface area contributed by atoms with E-state index in [2.05, 4.69) is 52.8 Å². The van der Waals surface area contributed by atoms with Crippen LogP contribution in [0.1, 0.15) is 76.3 Å². The first-order chi connectivity index (χ1) is 45.5. The summed E-state index contributed by atoms with van der Waals surface area (Å²) in [5.41, 5.74) is 10.7. The molecule has 0 bridgehead atoms. The van der Waals surface area contributed by atoms with E-state index < -0.39 is 185 Å². The number of unbranched alkanes of at least 4 members (excludes halogenated alkanes) is 1. The number of primary amides is 2. The Hall–Kier alpha value is -11.2. The lowest BCUT2D eigenvalue weighted by molar-refractivity contribution is -0.393. The molecule has 3 aromatic carbocycles. The van der Waals surface area contributed by atoms with Crippen LogP contribution in [0.4, 0.5) is 17.1 Å². The molecule has 0 radical (unpaired) electrons. The molecule has 5 rings (SSSR count). The first-order valence-electron chi connectivity index (χ1n) is 29.7. The number of carboxylic acid groups (broad SMARTS) is 2. The molecule has 0 spiro atoms. The number of non-ortho nitro benzene ring substituents is 1. The van der Waals surface area contributed by atoms with E-state index in [1.807, 2.05) is 0 Å². The SMILES string of the molecule is COc1ccc2c(CC(=O)N[C@H](C(=O)N[C@@H](CC(=O)O)C(=O)N[C@@H](CCC(N)=O)C(=O)N[C@@H](CCSC)C(=O)N[C@@H](CC(=O)O)C(=O)NCC(=O)N[C@@H](Cc3c[nH]c4ccccc34)C(=O)N[C@@H](CCCCNc3ccc([N+](=O)[O-])cc3[N+](=O)[O-])C(N)=O)C(C)C)cc(=O)oc2c1. The second-order valence-corrected chi connectivity index (χ2v) is 23.1. The Balaban J connectivity index is 1.26. The molecule has 0 fully saturated rings. The van der Waals surface area contributed by atoms with Crippen molar-refractivity contribution in [2.75, 3.05) is 37.5 Å². The van der Waals surface area contributed by atoms with E-state index in [4.69, 9.17) is 20.6 Å². The number of carbonyl (C=O) groups excluding carboxylic acids is 10. The fourth-order valence-corrected chi connectivity index (χ4v) is 10.2. The molecule has 0 saturated heterocycles. The number of aliphatic carboxylic acids is 2. The van der Waals surface area contributed by atoms with E-state index in [1.165, 1.54) is 44.9 Å². The number of aromatic nitrogens is 1. The lowest BCUT2D eigenvalue weighted by atomic mass is 10.0.